The van der Waals surface area contributed by atoms with E-state index in [-0.39, 0.29) is 17.6 Å². The van der Waals surface area contributed by atoms with Crippen LogP contribution in [0.3, 0.4) is 0 Å². The monoisotopic (exact) mass is 426 g/mol. The molecule has 2 N–H and O–H groups in total. The van der Waals surface area contributed by atoms with Gasteiger partial charge < -0.3 is 15.0 Å². The number of aliphatic hydroxyl groups is 1. The third-order valence-corrected chi connectivity index (χ3v) is 6.85. The number of aromatic nitrogens is 2. The standard InChI is InChI=1S/C22H26N4O3S/c1-14-18-21(24-13-25(2)22(18)29)30-19(14)20(28)23-11-15-3-5-16(6-4-15)12-26-9-7-17(27)8-10-26/h3-6,13,17,27H,7-12H2,1-2H3,(H,23,28). The maximum absolute atomic E-state index is 12.7. The van der Waals surface area contributed by atoms with Gasteiger partial charge in [0.05, 0.1) is 22.7 Å². The lowest BCUT2D eigenvalue weighted by molar-refractivity contribution is 0.0792. The van der Waals surface area contributed by atoms with Crippen molar-refractivity contribution >= 4 is 27.5 Å². The Bertz CT molecular complexity index is 1110. The van der Waals surface area contributed by atoms with E-state index < -0.39 is 0 Å². The molecule has 0 atom stereocenters. The average molecular weight is 427 g/mol. The second-order valence-electron chi connectivity index (χ2n) is 7.90. The van der Waals surface area contributed by atoms with Gasteiger partial charge in [0.15, 0.2) is 0 Å². The van der Waals surface area contributed by atoms with Crippen molar-refractivity contribution in [1.82, 2.24) is 19.8 Å². The van der Waals surface area contributed by atoms with E-state index in [1.54, 1.807) is 14.0 Å². The summed E-state index contributed by atoms with van der Waals surface area (Å²) >= 11 is 1.25. The van der Waals surface area contributed by atoms with Crippen molar-refractivity contribution in [2.75, 3.05) is 13.1 Å². The second-order valence-corrected chi connectivity index (χ2v) is 8.90. The fourth-order valence-electron chi connectivity index (χ4n) is 3.79. The molecule has 0 aliphatic carbocycles. The summed E-state index contributed by atoms with van der Waals surface area (Å²) in [5.41, 5.74) is 2.80. The molecule has 158 valence electrons. The van der Waals surface area contributed by atoms with Crippen LogP contribution in [0.25, 0.3) is 10.2 Å². The fourth-order valence-corrected chi connectivity index (χ4v) is 4.84. The van der Waals surface area contributed by atoms with Gasteiger partial charge in [-0.1, -0.05) is 24.3 Å². The number of carbonyl (C=O) groups is 1. The molecule has 1 amide bonds. The largest absolute Gasteiger partial charge is 0.393 e. The predicted octanol–water partition coefficient (Wildman–Crippen LogP) is 2.19. The summed E-state index contributed by atoms with van der Waals surface area (Å²) in [5, 5.41) is 13.1. The summed E-state index contributed by atoms with van der Waals surface area (Å²) in [6.45, 7) is 4.94. The third kappa shape index (κ3) is 4.30. The van der Waals surface area contributed by atoms with Crippen LogP contribution < -0.4 is 10.9 Å². The van der Waals surface area contributed by atoms with Gasteiger partial charge in [0, 0.05) is 33.2 Å². The summed E-state index contributed by atoms with van der Waals surface area (Å²) in [7, 11) is 1.66. The van der Waals surface area contributed by atoms with Crippen LogP contribution >= 0.6 is 11.3 Å². The SMILES string of the molecule is Cc1c(C(=O)NCc2ccc(CN3CCC(O)CC3)cc2)sc2ncn(C)c(=O)c12. The van der Waals surface area contributed by atoms with E-state index in [2.05, 4.69) is 27.3 Å². The number of fused-ring (bicyclic) bond motifs is 1. The molecule has 3 heterocycles. The zero-order valence-electron chi connectivity index (χ0n) is 17.2. The Morgan fingerprint density at radius 1 is 1.23 bits per heavy atom. The number of amides is 1. The number of hydrogen-bond acceptors (Lipinski definition) is 6. The molecule has 3 aromatic rings. The number of carbonyl (C=O) groups excluding carboxylic acids is 1. The molecule has 7 nitrogen and oxygen atoms in total. The van der Waals surface area contributed by atoms with E-state index in [4.69, 9.17) is 0 Å². The third-order valence-electron chi connectivity index (χ3n) is 5.66. The lowest BCUT2D eigenvalue weighted by atomic mass is 10.1. The molecule has 8 heteroatoms. The summed E-state index contributed by atoms with van der Waals surface area (Å²) in [4.78, 5) is 32.8. The highest BCUT2D eigenvalue weighted by molar-refractivity contribution is 7.20. The zero-order valence-corrected chi connectivity index (χ0v) is 18.0. The van der Waals surface area contributed by atoms with Gasteiger partial charge >= 0.3 is 0 Å². The molecule has 0 saturated carbocycles. The molecule has 30 heavy (non-hydrogen) atoms. The van der Waals surface area contributed by atoms with Crippen LogP contribution in [0, 0.1) is 6.92 Å². The smallest absolute Gasteiger partial charge is 0.262 e. The first kappa shape index (κ1) is 20.7. The van der Waals surface area contributed by atoms with Gasteiger partial charge in [-0.05, 0) is 36.5 Å². The minimum Gasteiger partial charge on any atom is -0.393 e. The Hall–Kier alpha value is -2.55. The number of aliphatic hydroxyl groups excluding tert-OH is 1. The molecule has 0 bridgehead atoms. The maximum atomic E-state index is 12.7. The number of thiophene rings is 1. The van der Waals surface area contributed by atoms with E-state index in [0.717, 1.165) is 38.0 Å². The number of aryl methyl sites for hydroxylation is 2. The van der Waals surface area contributed by atoms with E-state index >= 15 is 0 Å². The van der Waals surface area contributed by atoms with Crippen molar-refractivity contribution < 1.29 is 9.90 Å². The van der Waals surface area contributed by atoms with Crippen molar-refractivity contribution in [2.24, 2.45) is 7.05 Å². The summed E-state index contributed by atoms with van der Waals surface area (Å²) < 4.78 is 1.43. The highest BCUT2D eigenvalue weighted by atomic mass is 32.1. The van der Waals surface area contributed by atoms with Crippen molar-refractivity contribution in [2.45, 2.75) is 39.0 Å². The maximum Gasteiger partial charge on any atom is 0.262 e. The molecule has 0 radical (unpaired) electrons. The van der Waals surface area contributed by atoms with Gasteiger partial charge in [-0.15, -0.1) is 11.3 Å². The van der Waals surface area contributed by atoms with Crippen molar-refractivity contribution in [3.05, 3.63) is 62.5 Å². The Morgan fingerprint density at radius 2 is 1.90 bits per heavy atom. The molecule has 1 aromatic carbocycles. The van der Waals surface area contributed by atoms with Crippen LogP contribution in [0.2, 0.25) is 0 Å². The van der Waals surface area contributed by atoms with Crippen LogP contribution in [0.1, 0.15) is 39.2 Å². The van der Waals surface area contributed by atoms with Crippen molar-refractivity contribution in [3.8, 4) is 0 Å². The predicted molar refractivity (Wildman–Crippen MR) is 118 cm³/mol. The summed E-state index contributed by atoms with van der Waals surface area (Å²) in [5.74, 6) is -0.187. The van der Waals surface area contributed by atoms with Gasteiger partial charge in [0.1, 0.15) is 4.83 Å². The minimum absolute atomic E-state index is 0.133. The molecular formula is C22H26N4O3S. The van der Waals surface area contributed by atoms with Crippen LogP contribution in [0.4, 0.5) is 0 Å². The van der Waals surface area contributed by atoms with E-state index in [9.17, 15) is 14.7 Å². The van der Waals surface area contributed by atoms with Crippen molar-refractivity contribution in [3.63, 3.8) is 0 Å². The molecular weight excluding hydrogens is 400 g/mol. The number of likely N-dealkylation sites (tertiary alicyclic amines) is 1. The molecule has 4 rings (SSSR count). The number of nitrogens with zero attached hydrogens (tertiary/aromatic N) is 3. The van der Waals surface area contributed by atoms with Gasteiger partial charge in [0.2, 0.25) is 0 Å². The van der Waals surface area contributed by atoms with Crippen LogP contribution in [-0.4, -0.2) is 44.7 Å². The van der Waals surface area contributed by atoms with Crippen molar-refractivity contribution in [1.29, 1.82) is 0 Å². The Morgan fingerprint density at radius 3 is 2.60 bits per heavy atom. The van der Waals surface area contributed by atoms with Gasteiger partial charge in [-0.3, -0.25) is 14.5 Å². The molecule has 2 aromatic heterocycles. The molecule has 0 spiro atoms. The molecule has 0 unspecified atom stereocenters. The Kier molecular flexibility index (Phi) is 5.99. The normalized spacial score (nSPS) is 15.6. The van der Waals surface area contributed by atoms with E-state index in [0.29, 0.717) is 27.2 Å². The van der Waals surface area contributed by atoms with Crippen LogP contribution in [0.5, 0.6) is 0 Å². The van der Waals surface area contributed by atoms with Gasteiger partial charge in [-0.25, -0.2) is 4.98 Å². The molecule has 1 saturated heterocycles. The lowest BCUT2D eigenvalue weighted by Gasteiger charge is -2.29. The first-order valence-corrected chi connectivity index (χ1v) is 10.9. The Balaban J connectivity index is 1.38. The van der Waals surface area contributed by atoms with Gasteiger partial charge in [0.25, 0.3) is 11.5 Å². The minimum atomic E-state index is -0.187. The van der Waals surface area contributed by atoms with E-state index in [1.807, 2.05) is 12.1 Å². The molecule has 1 fully saturated rings. The number of rotatable bonds is 5. The zero-order chi connectivity index (χ0) is 21.3. The number of hydrogen-bond donors (Lipinski definition) is 2. The summed E-state index contributed by atoms with van der Waals surface area (Å²) in [6.07, 6.45) is 3.00. The molecule has 1 aliphatic heterocycles. The van der Waals surface area contributed by atoms with Crippen LogP contribution in [-0.2, 0) is 20.1 Å². The topological polar surface area (TPSA) is 87.5 Å². The number of benzene rings is 1. The highest BCUT2D eigenvalue weighted by Gasteiger charge is 2.19. The summed E-state index contributed by atoms with van der Waals surface area (Å²) in [6, 6.07) is 8.24. The fraction of sp³-hybridized carbons (Fsp3) is 0.409. The molecule has 1 aliphatic rings. The first-order chi connectivity index (χ1) is 14.4. The average Bonchev–Trinajstić information content (AvgIpc) is 3.09. The first-order valence-electron chi connectivity index (χ1n) is 10.1. The quantitative estimate of drug-likeness (QED) is 0.653. The van der Waals surface area contributed by atoms with E-state index in [1.165, 1.54) is 27.8 Å². The number of nitrogens with one attached hydrogen (secondary N) is 1. The highest BCUT2D eigenvalue weighted by Crippen LogP contribution is 2.26. The number of piperidine rings is 1. The Labute approximate surface area is 179 Å². The second kappa shape index (κ2) is 8.67. The van der Waals surface area contributed by atoms with Gasteiger partial charge in [-0.2, -0.15) is 0 Å². The lowest BCUT2D eigenvalue weighted by Crippen LogP contribution is -2.35. The van der Waals surface area contributed by atoms with Crippen LogP contribution in [0.15, 0.2) is 35.4 Å².